The fourth-order valence-corrected chi connectivity index (χ4v) is 4.76. The highest BCUT2D eigenvalue weighted by Gasteiger charge is 2.55. The van der Waals surface area contributed by atoms with Crippen molar-refractivity contribution in [2.45, 2.75) is 17.3 Å². The SMILES string of the molecule is CNC(=O)C1(SCC=O)CC(C#N)C(c2ccc3c(c2)OCO3)N1C. The summed E-state index contributed by atoms with van der Waals surface area (Å²) in [6, 6.07) is 7.61. The topological polar surface area (TPSA) is 91.7 Å². The third-order valence-electron chi connectivity index (χ3n) is 4.74. The van der Waals surface area contributed by atoms with Crippen molar-refractivity contribution in [3.63, 3.8) is 0 Å². The molecule has 2 heterocycles. The molecule has 2 aliphatic rings. The van der Waals surface area contributed by atoms with Gasteiger partial charge < -0.3 is 19.6 Å². The number of nitrogens with zero attached hydrogens (tertiary/aromatic N) is 2. The van der Waals surface area contributed by atoms with Gasteiger partial charge in [0.1, 0.15) is 11.2 Å². The van der Waals surface area contributed by atoms with E-state index in [2.05, 4.69) is 11.4 Å². The van der Waals surface area contributed by atoms with Crippen LogP contribution >= 0.6 is 11.8 Å². The molecular formula is C17H19N3O4S. The molecule has 2 aliphatic heterocycles. The number of aldehydes is 1. The molecule has 1 aromatic carbocycles. The van der Waals surface area contributed by atoms with Crippen molar-refractivity contribution in [1.29, 1.82) is 5.26 Å². The highest BCUT2D eigenvalue weighted by molar-refractivity contribution is 8.01. The van der Waals surface area contributed by atoms with E-state index in [-0.39, 0.29) is 30.4 Å². The number of likely N-dealkylation sites (tertiary alicyclic amines) is 1. The van der Waals surface area contributed by atoms with Gasteiger partial charge in [0.15, 0.2) is 11.5 Å². The third-order valence-corrected chi connectivity index (χ3v) is 6.16. The molecule has 1 saturated heterocycles. The number of thioether (sulfide) groups is 1. The molecule has 3 atom stereocenters. The zero-order valence-electron chi connectivity index (χ0n) is 14.0. The van der Waals surface area contributed by atoms with E-state index in [1.165, 1.54) is 11.8 Å². The summed E-state index contributed by atoms with van der Waals surface area (Å²) in [6.45, 7) is 0.179. The van der Waals surface area contributed by atoms with Crippen molar-refractivity contribution in [3.8, 4) is 17.6 Å². The Bertz CT molecular complexity index is 735. The molecule has 8 heteroatoms. The van der Waals surface area contributed by atoms with Crippen LogP contribution in [-0.2, 0) is 9.59 Å². The van der Waals surface area contributed by atoms with Gasteiger partial charge in [0.2, 0.25) is 6.79 Å². The smallest absolute Gasteiger partial charge is 0.250 e. The summed E-state index contributed by atoms with van der Waals surface area (Å²) < 4.78 is 10.8. The van der Waals surface area contributed by atoms with Crippen LogP contribution in [-0.4, -0.2) is 48.6 Å². The van der Waals surface area contributed by atoms with Crippen molar-refractivity contribution in [2.24, 2.45) is 5.92 Å². The Morgan fingerprint density at radius 2 is 2.28 bits per heavy atom. The molecular weight excluding hydrogens is 342 g/mol. The first-order valence-electron chi connectivity index (χ1n) is 7.89. The van der Waals surface area contributed by atoms with E-state index in [1.54, 1.807) is 7.05 Å². The summed E-state index contributed by atoms with van der Waals surface area (Å²) in [5.41, 5.74) is 0.885. The predicted molar refractivity (Wildman–Crippen MR) is 92.1 cm³/mol. The second-order valence-electron chi connectivity index (χ2n) is 5.95. The lowest BCUT2D eigenvalue weighted by molar-refractivity contribution is -0.126. The van der Waals surface area contributed by atoms with Crippen molar-refractivity contribution >= 4 is 24.0 Å². The first kappa shape index (κ1) is 17.6. The molecule has 3 unspecified atom stereocenters. The number of carbonyl (C=O) groups is 2. The van der Waals surface area contributed by atoms with Gasteiger partial charge in [-0.05, 0) is 24.7 Å². The molecule has 0 aromatic heterocycles. The van der Waals surface area contributed by atoms with E-state index >= 15 is 0 Å². The molecule has 0 saturated carbocycles. The zero-order valence-corrected chi connectivity index (χ0v) is 14.8. The summed E-state index contributed by atoms with van der Waals surface area (Å²) in [7, 11) is 3.38. The molecule has 132 valence electrons. The number of likely N-dealkylation sites (N-methyl/N-ethyl adjacent to an activating group) is 2. The van der Waals surface area contributed by atoms with Crippen molar-refractivity contribution in [1.82, 2.24) is 10.2 Å². The lowest BCUT2D eigenvalue weighted by atomic mass is 9.94. The summed E-state index contributed by atoms with van der Waals surface area (Å²) in [5, 5.41) is 12.4. The molecule has 0 bridgehead atoms. The molecule has 7 nitrogen and oxygen atoms in total. The largest absolute Gasteiger partial charge is 0.454 e. The van der Waals surface area contributed by atoms with Crippen LogP contribution < -0.4 is 14.8 Å². The summed E-state index contributed by atoms with van der Waals surface area (Å²) in [5.74, 6) is 0.905. The number of benzene rings is 1. The number of carbonyl (C=O) groups excluding carboxylic acids is 2. The van der Waals surface area contributed by atoms with Crippen LogP contribution in [0.3, 0.4) is 0 Å². The molecule has 1 aromatic rings. The van der Waals surface area contributed by atoms with Gasteiger partial charge >= 0.3 is 0 Å². The van der Waals surface area contributed by atoms with E-state index in [0.29, 0.717) is 17.9 Å². The molecule has 1 N–H and O–H groups in total. The van der Waals surface area contributed by atoms with Gasteiger partial charge in [0.25, 0.3) is 5.91 Å². The average molecular weight is 361 g/mol. The Hall–Kier alpha value is -2.24. The maximum absolute atomic E-state index is 12.6. The number of nitrogens with one attached hydrogen (secondary N) is 1. The molecule has 1 fully saturated rings. The van der Waals surface area contributed by atoms with Gasteiger partial charge in [-0.2, -0.15) is 5.26 Å². The van der Waals surface area contributed by atoms with Crippen LogP contribution in [0.15, 0.2) is 18.2 Å². The molecule has 0 radical (unpaired) electrons. The fourth-order valence-electron chi connectivity index (χ4n) is 3.56. The van der Waals surface area contributed by atoms with Crippen LogP contribution in [0.25, 0.3) is 0 Å². The maximum Gasteiger partial charge on any atom is 0.250 e. The maximum atomic E-state index is 12.6. The van der Waals surface area contributed by atoms with E-state index in [9.17, 15) is 14.9 Å². The lowest BCUT2D eigenvalue weighted by Crippen LogP contribution is -2.51. The van der Waals surface area contributed by atoms with Gasteiger partial charge in [-0.3, -0.25) is 9.69 Å². The van der Waals surface area contributed by atoms with Gasteiger partial charge in [0, 0.05) is 13.5 Å². The van der Waals surface area contributed by atoms with Crippen molar-refractivity contribution in [3.05, 3.63) is 23.8 Å². The summed E-state index contributed by atoms with van der Waals surface area (Å²) >= 11 is 1.25. The van der Waals surface area contributed by atoms with Crippen molar-refractivity contribution in [2.75, 3.05) is 26.6 Å². The van der Waals surface area contributed by atoms with E-state index in [1.807, 2.05) is 30.1 Å². The molecule has 1 amide bonds. The van der Waals surface area contributed by atoms with Gasteiger partial charge in [-0.15, -0.1) is 11.8 Å². The minimum atomic E-state index is -0.961. The average Bonchev–Trinajstić information content (AvgIpc) is 3.21. The first-order chi connectivity index (χ1) is 12.1. The van der Waals surface area contributed by atoms with Gasteiger partial charge in [-0.25, -0.2) is 0 Å². The first-order valence-corrected chi connectivity index (χ1v) is 8.88. The van der Waals surface area contributed by atoms with Crippen LogP contribution in [0.2, 0.25) is 0 Å². The third kappa shape index (κ3) is 2.83. The zero-order chi connectivity index (χ0) is 18.0. The molecule has 0 spiro atoms. The minimum Gasteiger partial charge on any atom is -0.454 e. The Morgan fingerprint density at radius 1 is 1.52 bits per heavy atom. The number of fused-ring (bicyclic) bond motifs is 1. The molecule has 25 heavy (non-hydrogen) atoms. The van der Waals surface area contributed by atoms with E-state index < -0.39 is 4.87 Å². The quantitative estimate of drug-likeness (QED) is 0.791. The molecule has 0 aliphatic carbocycles. The number of ether oxygens (including phenoxy) is 2. The second-order valence-corrected chi connectivity index (χ2v) is 7.25. The van der Waals surface area contributed by atoms with Gasteiger partial charge in [0.05, 0.1) is 23.8 Å². The number of hydrogen-bond donors (Lipinski definition) is 1. The summed E-state index contributed by atoms with van der Waals surface area (Å²) in [4.78, 5) is 24.5. The Kier molecular flexibility index (Phi) is 4.88. The fraction of sp³-hybridized carbons (Fsp3) is 0.471. The number of nitriles is 1. The Balaban J connectivity index is 2.00. The Labute approximate surface area is 150 Å². The number of amides is 1. The van der Waals surface area contributed by atoms with Crippen LogP contribution in [0.5, 0.6) is 11.5 Å². The van der Waals surface area contributed by atoms with E-state index in [0.717, 1.165) is 11.8 Å². The highest BCUT2D eigenvalue weighted by atomic mass is 32.2. The normalized spacial score (nSPS) is 27.7. The van der Waals surface area contributed by atoms with E-state index in [4.69, 9.17) is 9.47 Å². The van der Waals surface area contributed by atoms with Gasteiger partial charge in [-0.1, -0.05) is 6.07 Å². The number of rotatable bonds is 5. The van der Waals surface area contributed by atoms with Crippen LogP contribution in [0.1, 0.15) is 18.0 Å². The highest BCUT2D eigenvalue weighted by Crippen LogP contribution is 2.51. The monoisotopic (exact) mass is 361 g/mol. The van der Waals surface area contributed by atoms with Crippen molar-refractivity contribution < 1.29 is 19.1 Å². The van der Waals surface area contributed by atoms with Crippen LogP contribution in [0, 0.1) is 17.2 Å². The Morgan fingerprint density at radius 3 is 2.96 bits per heavy atom. The minimum absolute atomic E-state index is 0.179. The molecule has 3 rings (SSSR count). The van der Waals surface area contributed by atoms with Crippen LogP contribution in [0.4, 0.5) is 0 Å². The summed E-state index contributed by atoms with van der Waals surface area (Å²) in [6.07, 6.45) is 1.12. The lowest BCUT2D eigenvalue weighted by Gasteiger charge is -2.35. The number of hydrogen-bond acceptors (Lipinski definition) is 7. The second kappa shape index (κ2) is 6.94. The standard InChI is InChI=1S/C17H19N3O4S/c1-19-16(22)17(25-6-5-21)8-12(9-18)15(20(17)2)11-3-4-13-14(7-11)24-10-23-13/h3-5,7,12,15H,6,8,10H2,1-2H3,(H,19,22). The predicted octanol–water partition coefficient (Wildman–Crippen LogP) is 1.31.